The molecule has 0 radical (unpaired) electrons. The summed E-state index contributed by atoms with van der Waals surface area (Å²) in [7, 11) is 0. The molecule has 2 heterocycles. The third-order valence-corrected chi connectivity index (χ3v) is 6.08. The summed E-state index contributed by atoms with van der Waals surface area (Å²) in [6.07, 6.45) is 5.31. The van der Waals surface area contributed by atoms with Gasteiger partial charge < -0.3 is 5.11 Å². The zero-order valence-electron chi connectivity index (χ0n) is 20.2. The second-order valence-corrected chi connectivity index (χ2v) is 8.67. The molecule has 0 aliphatic heterocycles. The van der Waals surface area contributed by atoms with Crippen LogP contribution in [0.15, 0.2) is 48.5 Å². The minimum absolute atomic E-state index is 0.414. The SMILES string of the molecule is CCCCCc1nc(C(CCC)C(=O)O)nn1Cc1ccc(-c2ccccc2-c2nnn[nH]2)cc1. The fourth-order valence-electron chi connectivity index (χ4n) is 4.21. The van der Waals surface area contributed by atoms with E-state index in [9.17, 15) is 9.90 Å². The molecular formula is C26H31N7O2. The van der Waals surface area contributed by atoms with Crippen molar-refractivity contribution in [2.24, 2.45) is 0 Å². The molecule has 2 aromatic carbocycles. The van der Waals surface area contributed by atoms with Crippen molar-refractivity contribution >= 4 is 5.97 Å². The Morgan fingerprint density at radius 1 is 1.03 bits per heavy atom. The van der Waals surface area contributed by atoms with E-state index in [1.165, 1.54) is 0 Å². The maximum absolute atomic E-state index is 11.8. The van der Waals surface area contributed by atoms with Crippen molar-refractivity contribution in [1.29, 1.82) is 0 Å². The predicted molar refractivity (Wildman–Crippen MR) is 133 cm³/mol. The van der Waals surface area contributed by atoms with Gasteiger partial charge in [0.15, 0.2) is 11.6 Å². The van der Waals surface area contributed by atoms with E-state index >= 15 is 0 Å². The lowest BCUT2D eigenvalue weighted by Crippen LogP contribution is -2.13. The maximum atomic E-state index is 11.8. The molecule has 0 bridgehead atoms. The summed E-state index contributed by atoms with van der Waals surface area (Å²) in [4.78, 5) is 16.5. The number of hydrogen-bond donors (Lipinski definition) is 2. The molecule has 0 fully saturated rings. The summed E-state index contributed by atoms with van der Waals surface area (Å²) in [5.74, 6) is 0.349. The first-order valence-corrected chi connectivity index (χ1v) is 12.2. The monoisotopic (exact) mass is 473 g/mol. The fraction of sp³-hybridized carbons (Fsp3) is 0.385. The third-order valence-electron chi connectivity index (χ3n) is 6.08. The molecular weight excluding hydrogens is 442 g/mol. The van der Waals surface area contributed by atoms with Gasteiger partial charge in [-0.25, -0.2) is 14.8 Å². The normalized spacial score (nSPS) is 12.1. The lowest BCUT2D eigenvalue weighted by Gasteiger charge is -2.10. The first-order chi connectivity index (χ1) is 17.1. The van der Waals surface area contributed by atoms with Crippen molar-refractivity contribution in [2.45, 2.75) is 64.8 Å². The Bertz CT molecular complexity index is 1230. The fourth-order valence-corrected chi connectivity index (χ4v) is 4.21. The number of hydrogen-bond acceptors (Lipinski definition) is 6. The summed E-state index contributed by atoms with van der Waals surface area (Å²) in [5.41, 5.74) is 4.09. The highest BCUT2D eigenvalue weighted by molar-refractivity contribution is 5.80. The molecule has 2 aromatic heterocycles. The number of aliphatic carboxylic acids is 1. The van der Waals surface area contributed by atoms with Crippen LogP contribution in [0.25, 0.3) is 22.5 Å². The average molecular weight is 474 g/mol. The van der Waals surface area contributed by atoms with E-state index in [1.807, 2.05) is 35.9 Å². The second-order valence-electron chi connectivity index (χ2n) is 8.67. The lowest BCUT2D eigenvalue weighted by atomic mass is 9.98. The summed E-state index contributed by atoms with van der Waals surface area (Å²) < 4.78 is 1.87. The number of tetrazole rings is 1. The maximum Gasteiger partial charge on any atom is 0.314 e. The Labute approximate surface area is 204 Å². The van der Waals surface area contributed by atoms with E-state index < -0.39 is 11.9 Å². The molecule has 0 spiro atoms. The summed E-state index contributed by atoms with van der Waals surface area (Å²) in [6.45, 7) is 4.69. The Hall–Kier alpha value is -3.88. The van der Waals surface area contributed by atoms with Gasteiger partial charge in [-0.15, -0.1) is 5.10 Å². The van der Waals surface area contributed by atoms with Crippen LogP contribution in [0.3, 0.4) is 0 Å². The molecule has 0 amide bonds. The predicted octanol–water partition coefficient (Wildman–Crippen LogP) is 4.87. The van der Waals surface area contributed by atoms with E-state index in [0.29, 0.717) is 24.6 Å². The molecule has 4 rings (SSSR count). The van der Waals surface area contributed by atoms with Gasteiger partial charge in [0.2, 0.25) is 0 Å². The molecule has 35 heavy (non-hydrogen) atoms. The number of unbranched alkanes of at least 4 members (excludes halogenated alkanes) is 2. The Kier molecular flexibility index (Phi) is 7.97. The largest absolute Gasteiger partial charge is 0.481 e. The molecule has 4 aromatic rings. The van der Waals surface area contributed by atoms with Crippen LogP contribution in [0.4, 0.5) is 0 Å². The van der Waals surface area contributed by atoms with Crippen LogP contribution in [-0.4, -0.2) is 46.5 Å². The number of aromatic nitrogens is 7. The highest BCUT2D eigenvalue weighted by Gasteiger charge is 2.25. The van der Waals surface area contributed by atoms with Gasteiger partial charge in [-0.05, 0) is 40.0 Å². The molecule has 0 saturated heterocycles. The summed E-state index contributed by atoms with van der Waals surface area (Å²) in [5, 5.41) is 28.6. The molecule has 9 nitrogen and oxygen atoms in total. The average Bonchev–Trinajstić information content (AvgIpc) is 3.54. The van der Waals surface area contributed by atoms with Crippen molar-refractivity contribution in [1.82, 2.24) is 35.4 Å². The minimum atomic E-state index is -0.867. The summed E-state index contributed by atoms with van der Waals surface area (Å²) >= 11 is 0. The molecule has 0 aliphatic rings. The van der Waals surface area contributed by atoms with Crippen LogP contribution in [-0.2, 0) is 17.8 Å². The number of benzene rings is 2. The number of nitrogens with zero attached hydrogens (tertiary/aromatic N) is 6. The smallest absolute Gasteiger partial charge is 0.314 e. The molecule has 1 atom stereocenters. The summed E-state index contributed by atoms with van der Waals surface area (Å²) in [6, 6.07) is 16.3. The number of H-pyrrole nitrogens is 1. The van der Waals surface area contributed by atoms with Crippen LogP contribution in [0.5, 0.6) is 0 Å². The number of carboxylic acid groups (broad SMARTS) is 1. The second kappa shape index (κ2) is 11.5. The van der Waals surface area contributed by atoms with Crippen LogP contribution >= 0.6 is 0 Å². The number of aryl methyl sites for hydroxylation is 1. The standard InChI is InChI=1S/C26H31N7O2/c1-3-5-6-12-23-27-24(22(9-4-2)26(34)35)30-33(23)17-18-13-15-19(16-14-18)20-10-7-8-11-21(20)25-28-31-32-29-25/h7-8,10-11,13-16,22H,3-6,9,12,17H2,1-2H3,(H,34,35)(H,28,29,31,32). The number of rotatable bonds is 12. The topological polar surface area (TPSA) is 122 Å². The highest BCUT2D eigenvalue weighted by atomic mass is 16.4. The van der Waals surface area contributed by atoms with Crippen LogP contribution < -0.4 is 0 Å². The third kappa shape index (κ3) is 5.79. The number of carboxylic acids is 1. The Morgan fingerprint density at radius 3 is 2.46 bits per heavy atom. The van der Waals surface area contributed by atoms with Gasteiger partial charge in [0.05, 0.1) is 6.54 Å². The first-order valence-electron chi connectivity index (χ1n) is 12.2. The van der Waals surface area contributed by atoms with Gasteiger partial charge in [-0.3, -0.25) is 4.79 Å². The minimum Gasteiger partial charge on any atom is -0.481 e. The van der Waals surface area contributed by atoms with Gasteiger partial charge in [0, 0.05) is 12.0 Å². The van der Waals surface area contributed by atoms with E-state index in [4.69, 9.17) is 0 Å². The Morgan fingerprint density at radius 2 is 1.80 bits per heavy atom. The van der Waals surface area contributed by atoms with E-state index in [1.54, 1.807) is 0 Å². The molecule has 0 aliphatic carbocycles. The van der Waals surface area contributed by atoms with E-state index in [2.05, 4.69) is 61.9 Å². The lowest BCUT2D eigenvalue weighted by molar-refractivity contribution is -0.139. The van der Waals surface area contributed by atoms with E-state index in [-0.39, 0.29) is 0 Å². The van der Waals surface area contributed by atoms with Crippen LogP contribution in [0, 0.1) is 0 Å². The highest BCUT2D eigenvalue weighted by Crippen LogP contribution is 2.30. The van der Waals surface area contributed by atoms with Crippen molar-refractivity contribution in [3.8, 4) is 22.5 Å². The molecule has 0 saturated carbocycles. The van der Waals surface area contributed by atoms with Gasteiger partial charge in [0.25, 0.3) is 0 Å². The van der Waals surface area contributed by atoms with Crippen LogP contribution in [0.2, 0.25) is 0 Å². The molecule has 2 N–H and O–H groups in total. The zero-order valence-corrected chi connectivity index (χ0v) is 20.2. The quantitative estimate of drug-likeness (QED) is 0.281. The molecule has 9 heteroatoms. The molecule has 182 valence electrons. The number of nitrogens with one attached hydrogen (secondary N) is 1. The number of aromatic amines is 1. The van der Waals surface area contributed by atoms with Gasteiger partial charge in [-0.1, -0.05) is 81.6 Å². The molecule has 1 unspecified atom stereocenters. The van der Waals surface area contributed by atoms with Gasteiger partial charge in [-0.2, -0.15) is 5.10 Å². The van der Waals surface area contributed by atoms with Crippen molar-refractivity contribution in [2.75, 3.05) is 0 Å². The number of carbonyl (C=O) groups is 1. The van der Waals surface area contributed by atoms with Crippen LogP contribution in [0.1, 0.15) is 69.1 Å². The van der Waals surface area contributed by atoms with Crippen molar-refractivity contribution in [3.63, 3.8) is 0 Å². The zero-order chi connectivity index (χ0) is 24.6. The van der Waals surface area contributed by atoms with Gasteiger partial charge >= 0.3 is 5.97 Å². The van der Waals surface area contributed by atoms with E-state index in [0.717, 1.165) is 60.2 Å². The van der Waals surface area contributed by atoms with Gasteiger partial charge in [0.1, 0.15) is 11.7 Å². The Balaban J connectivity index is 1.59. The first kappa shape index (κ1) is 24.3. The van der Waals surface area contributed by atoms with Crippen molar-refractivity contribution in [3.05, 3.63) is 65.7 Å². The van der Waals surface area contributed by atoms with Crippen molar-refractivity contribution < 1.29 is 9.90 Å².